The summed E-state index contributed by atoms with van der Waals surface area (Å²) in [4.78, 5) is 0. The van der Waals surface area contributed by atoms with Gasteiger partial charge in [0.25, 0.3) is 0 Å². The minimum Gasteiger partial charge on any atom is -0.361 e. The van der Waals surface area contributed by atoms with Crippen LogP contribution in [0.15, 0.2) is 22.7 Å². The minimum absolute atomic E-state index is 0.0663. The molecule has 98 valence electrons. The molecule has 0 spiro atoms. The molecule has 0 fully saturated rings. The number of halogens is 1. The smallest absolute Gasteiger partial charge is 0.140 e. The monoisotopic (exact) mass is 259 g/mol. The Balaban J connectivity index is 1.99. The highest BCUT2D eigenvalue weighted by molar-refractivity contribution is 5.34. The number of nitrogens with zero attached hydrogens (tertiary/aromatic N) is 2. The van der Waals surface area contributed by atoms with Crippen LogP contribution in [0.4, 0.5) is 4.39 Å². The Morgan fingerprint density at radius 2 is 2.16 bits per heavy atom. The van der Waals surface area contributed by atoms with Crippen LogP contribution in [0.3, 0.4) is 0 Å². The second kappa shape index (κ2) is 5.63. The fourth-order valence-corrected chi connectivity index (χ4v) is 1.85. The summed E-state index contributed by atoms with van der Waals surface area (Å²) in [7, 11) is 0. The van der Waals surface area contributed by atoms with E-state index in [-0.39, 0.29) is 5.56 Å². The van der Waals surface area contributed by atoms with Crippen molar-refractivity contribution in [3.8, 4) is 6.07 Å². The lowest BCUT2D eigenvalue weighted by molar-refractivity contribution is 0.392. The van der Waals surface area contributed by atoms with E-state index in [0.29, 0.717) is 13.1 Å². The number of nitrogens with one attached hydrogen (secondary N) is 1. The van der Waals surface area contributed by atoms with E-state index in [9.17, 15) is 4.39 Å². The quantitative estimate of drug-likeness (QED) is 0.916. The van der Waals surface area contributed by atoms with E-state index in [2.05, 4.69) is 10.5 Å². The molecule has 0 saturated heterocycles. The van der Waals surface area contributed by atoms with Crippen molar-refractivity contribution in [3.63, 3.8) is 0 Å². The molecule has 1 aromatic heterocycles. The predicted octanol–water partition coefficient (Wildman–Crippen LogP) is 2.59. The van der Waals surface area contributed by atoms with E-state index in [4.69, 9.17) is 9.78 Å². The third kappa shape index (κ3) is 2.98. The minimum atomic E-state index is -0.489. The largest absolute Gasteiger partial charge is 0.361 e. The molecule has 0 aliphatic carbocycles. The van der Waals surface area contributed by atoms with Crippen molar-refractivity contribution in [1.29, 1.82) is 5.26 Å². The predicted molar refractivity (Wildman–Crippen MR) is 67.6 cm³/mol. The maximum Gasteiger partial charge on any atom is 0.140 e. The van der Waals surface area contributed by atoms with Crippen molar-refractivity contribution in [2.45, 2.75) is 26.9 Å². The van der Waals surface area contributed by atoms with Gasteiger partial charge in [0.15, 0.2) is 0 Å². The SMILES string of the molecule is Cc1noc(C)c1CNCc1ccc(F)c(C#N)c1. The number of nitriles is 1. The number of hydrogen-bond acceptors (Lipinski definition) is 4. The Morgan fingerprint density at radius 1 is 1.37 bits per heavy atom. The number of aryl methyl sites for hydroxylation is 2. The van der Waals surface area contributed by atoms with Gasteiger partial charge in [0.05, 0.1) is 11.3 Å². The van der Waals surface area contributed by atoms with E-state index < -0.39 is 5.82 Å². The van der Waals surface area contributed by atoms with Crippen LogP contribution in [0, 0.1) is 31.0 Å². The van der Waals surface area contributed by atoms with Gasteiger partial charge in [-0.2, -0.15) is 5.26 Å². The van der Waals surface area contributed by atoms with Crippen molar-refractivity contribution in [1.82, 2.24) is 10.5 Å². The summed E-state index contributed by atoms with van der Waals surface area (Å²) in [6.45, 7) is 4.93. The molecule has 0 radical (unpaired) electrons. The Hall–Kier alpha value is -2.19. The van der Waals surface area contributed by atoms with E-state index in [1.54, 1.807) is 12.1 Å². The van der Waals surface area contributed by atoms with Crippen LogP contribution in [0.1, 0.15) is 28.1 Å². The fraction of sp³-hybridized carbons (Fsp3) is 0.286. The summed E-state index contributed by atoms with van der Waals surface area (Å²) >= 11 is 0. The van der Waals surface area contributed by atoms with Gasteiger partial charge in [0.2, 0.25) is 0 Å². The molecular formula is C14H14FN3O. The van der Waals surface area contributed by atoms with Gasteiger partial charge < -0.3 is 9.84 Å². The highest BCUT2D eigenvalue weighted by Crippen LogP contribution is 2.13. The van der Waals surface area contributed by atoms with Crippen molar-refractivity contribution in [2.75, 3.05) is 0 Å². The van der Waals surface area contributed by atoms with E-state index >= 15 is 0 Å². The highest BCUT2D eigenvalue weighted by Gasteiger charge is 2.08. The number of aromatic nitrogens is 1. The van der Waals surface area contributed by atoms with Gasteiger partial charge in [-0.15, -0.1) is 0 Å². The molecule has 1 aromatic carbocycles. The lowest BCUT2D eigenvalue weighted by atomic mass is 10.1. The van der Waals surface area contributed by atoms with Gasteiger partial charge in [0, 0.05) is 18.7 Å². The first-order valence-electron chi connectivity index (χ1n) is 5.93. The molecule has 0 atom stereocenters. The number of hydrogen-bond donors (Lipinski definition) is 1. The zero-order valence-electron chi connectivity index (χ0n) is 10.8. The third-order valence-corrected chi connectivity index (χ3v) is 2.96. The molecule has 0 saturated carbocycles. The molecule has 1 N–H and O–H groups in total. The normalized spacial score (nSPS) is 10.4. The van der Waals surface area contributed by atoms with Gasteiger partial charge in [-0.1, -0.05) is 11.2 Å². The average Bonchev–Trinajstić information content (AvgIpc) is 2.72. The first kappa shape index (κ1) is 13.2. The summed E-state index contributed by atoms with van der Waals surface area (Å²) in [5.74, 6) is 0.304. The molecule has 0 aliphatic rings. The molecule has 2 aromatic rings. The van der Waals surface area contributed by atoms with Gasteiger partial charge in [0.1, 0.15) is 17.6 Å². The number of rotatable bonds is 4. The Bertz CT molecular complexity index is 609. The molecule has 0 unspecified atom stereocenters. The first-order chi connectivity index (χ1) is 9.11. The van der Waals surface area contributed by atoms with Crippen LogP contribution in [-0.4, -0.2) is 5.16 Å². The van der Waals surface area contributed by atoms with Crippen LogP contribution in [0.2, 0.25) is 0 Å². The van der Waals surface area contributed by atoms with E-state index in [1.807, 2.05) is 19.9 Å². The summed E-state index contributed by atoms with van der Waals surface area (Å²) in [6.07, 6.45) is 0. The van der Waals surface area contributed by atoms with Gasteiger partial charge in [-0.3, -0.25) is 0 Å². The van der Waals surface area contributed by atoms with E-state index in [0.717, 1.165) is 22.6 Å². The lowest BCUT2D eigenvalue weighted by Crippen LogP contribution is -2.13. The van der Waals surface area contributed by atoms with Gasteiger partial charge >= 0.3 is 0 Å². The average molecular weight is 259 g/mol. The molecule has 2 rings (SSSR count). The molecule has 1 heterocycles. The molecule has 0 bridgehead atoms. The second-order valence-electron chi connectivity index (χ2n) is 4.33. The van der Waals surface area contributed by atoms with Crippen molar-refractivity contribution in [3.05, 3.63) is 52.2 Å². The molecule has 0 amide bonds. The van der Waals surface area contributed by atoms with Crippen LogP contribution in [-0.2, 0) is 13.1 Å². The van der Waals surface area contributed by atoms with Gasteiger partial charge in [-0.25, -0.2) is 4.39 Å². The summed E-state index contributed by atoms with van der Waals surface area (Å²) in [5, 5.41) is 15.9. The van der Waals surface area contributed by atoms with Crippen molar-refractivity contribution < 1.29 is 8.91 Å². The molecule has 4 nitrogen and oxygen atoms in total. The van der Waals surface area contributed by atoms with Crippen LogP contribution >= 0.6 is 0 Å². The van der Waals surface area contributed by atoms with Crippen molar-refractivity contribution in [2.24, 2.45) is 0 Å². The maximum absolute atomic E-state index is 13.2. The topological polar surface area (TPSA) is 61.9 Å². The highest BCUT2D eigenvalue weighted by atomic mass is 19.1. The van der Waals surface area contributed by atoms with Gasteiger partial charge in [-0.05, 0) is 31.5 Å². The molecular weight excluding hydrogens is 245 g/mol. The fourth-order valence-electron chi connectivity index (χ4n) is 1.85. The Labute approximate surface area is 110 Å². The molecule has 19 heavy (non-hydrogen) atoms. The van der Waals surface area contributed by atoms with Crippen LogP contribution in [0.25, 0.3) is 0 Å². The Kier molecular flexibility index (Phi) is 3.93. The summed E-state index contributed by atoms with van der Waals surface area (Å²) < 4.78 is 18.2. The number of benzene rings is 1. The van der Waals surface area contributed by atoms with Crippen LogP contribution in [0.5, 0.6) is 0 Å². The van der Waals surface area contributed by atoms with Crippen LogP contribution < -0.4 is 5.32 Å². The zero-order valence-corrected chi connectivity index (χ0v) is 10.8. The lowest BCUT2D eigenvalue weighted by Gasteiger charge is -2.05. The standard InChI is InChI=1S/C14H14FN3O/c1-9-13(10(2)19-18-9)8-17-7-11-3-4-14(15)12(5-11)6-16/h3-5,17H,7-8H2,1-2H3. The zero-order chi connectivity index (χ0) is 13.8. The van der Waals surface area contributed by atoms with E-state index in [1.165, 1.54) is 6.07 Å². The first-order valence-corrected chi connectivity index (χ1v) is 5.93. The third-order valence-electron chi connectivity index (χ3n) is 2.96. The summed E-state index contributed by atoms with van der Waals surface area (Å²) in [6, 6.07) is 6.36. The summed E-state index contributed by atoms with van der Waals surface area (Å²) in [5.41, 5.74) is 2.82. The molecule has 0 aliphatic heterocycles. The second-order valence-corrected chi connectivity index (χ2v) is 4.33. The van der Waals surface area contributed by atoms with Crippen molar-refractivity contribution >= 4 is 0 Å². The molecule has 5 heteroatoms. The maximum atomic E-state index is 13.2. The Morgan fingerprint density at radius 3 is 2.79 bits per heavy atom.